The van der Waals surface area contributed by atoms with Crippen LogP contribution in [0.15, 0.2) is 114 Å². The Morgan fingerprint density at radius 3 is 2.22 bits per heavy atom. The van der Waals surface area contributed by atoms with Gasteiger partial charge in [-0.05, 0) is 70.4 Å². The number of carbonyl (C=O) groups excluding carboxylic acids is 2. The van der Waals surface area contributed by atoms with Gasteiger partial charge in [-0.2, -0.15) is 0 Å². The molecule has 3 heterocycles. The number of aromatic nitrogens is 1. The molecular formula is C38H38ClN3O5SSi. The smallest absolute Gasteiger partial charge is 0.414 e. The number of thiophene rings is 1. The summed E-state index contributed by atoms with van der Waals surface area (Å²) < 4.78 is 14.7. The molecule has 0 aliphatic carbocycles. The summed E-state index contributed by atoms with van der Waals surface area (Å²) in [7, 11) is -2.85. The van der Waals surface area contributed by atoms with Crippen LogP contribution in [-0.4, -0.2) is 44.1 Å². The van der Waals surface area contributed by atoms with Gasteiger partial charge in [0.25, 0.3) is 19.8 Å². The summed E-state index contributed by atoms with van der Waals surface area (Å²) in [4.78, 5) is 41.3. The number of hydrogen-bond donors (Lipinski definition) is 1. The molecule has 1 saturated heterocycles. The minimum Gasteiger partial charge on any atom is -0.442 e. The first-order valence-electron chi connectivity index (χ1n) is 16.1. The summed E-state index contributed by atoms with van der Waals surface area (Å²) >= 11 is 7.13. The molecule has 1 N–H and O–H groups in total. The number of ether oxygens (including phenoxy) is 1. The van der Waals surface area contributed by atoms with Gasteiger partial charge in [-0.15, -0.1) is 11.3 Å². The van der Waals surface area contributed by atoms with E-state index >= 15 is 0 Å². The quantitative estimate of drug-likeness (QED) is 0.163. The molecule has 1 atom stereocenters. The van der Waals surface area contributed by atoms with Gasteiger partial charge in [-0.25, -0.2) is 4.79 Å². The number of anilines is 1. The number of nitrogens with zero attached hydrogens (tertiary/aromatic N) is 2. The first-order chi connectivity index (χ1) is 23.5. The molecule has 6 rings (SSSR count). The second-order valence-electron chi connectivity index (χ2n) is 13.1. The molecule has 5 aromatic rings. The first kappa shape index (κ1) is 34.4. The van der Waals surface area contributed by atoms with Crippen LogP contribution < -0.4 is 26.1 Å². The van der Waals surface area contributed by atoms with Gasteiger partial charge in [0, 0.05) is 17.4 Å². The van der Waals surface area contributed by atoms with Gasteiger partial charge >= 0.3 is 6.09 Å². The fourth-order valence-electron chi connectivity index (χ4n) is 6.43. The summed E-state index contributed by atoms with van der Waals surface area (Å²) in [6.07, 6.45) is 0.743. The maximum Gasteiger partial charge on any atom is 0.414 e. The van der Waals surface area contributed by atoms with Crippen LogP contribution in [0.5, 0.6) is 0 Å². The van der Waals surface area contributed by atoms with Crippen LogP contribution in [0.4, 0.5) is 10.5 Å². The highest BCUT2D eigenvalue weighted by Gasteiger charge is 2.50. The maximum atomic E-state index is 14.0. The Bertz CT molecular complexity index is 1990. The Labute approximate surface area is 296 Å². The average molecular weight is 712 g/mol. The van der Waals surface area contributed by atoms with Crippen LogP contribution in [-0.2, 0) is 15.8 Å². The number of halogens is 1. The second kappa shape index (κ2) is 14.2. The summed E-state index contributed by atoms with van der Waals surface area (Å²) in [6.45, 7) is 9.14. The van der Waals surface area contributed by atoms with Crippen molar-refractivity contribution < 1.29 is 18.8 Å². The molecule has 252 valence electrons. The van der Waals surface area contributed by atoms with E-state index in [2.05, 4.69) is 50.4 Å². The van der Waals surface area contributed by atoms with Crippen molar-refractivity contribution in [1.82, 2.24) is 9.88 Å². The molecule has 1 aliphatic heterocycles. The fraction of sp³-hybridized carbons (Fsp3) is 0.237. The summed E-state index contributed by atoms with van der Waals surface area (Å²) in [6, 6.07) is 33.2. The third-order valence-corrected chi connectivity index (χ3v) is 15.0. The summed E-state index contributed by atoms with van der Waals surface area (Å²) in [5.74, 6) is -0.267. The number of cyclic esters (lactones) is 1. The predicted octanol–water partition coefficient (Wildman–Crippen LogP) is 6.69. The van der Waals surface area contributed by atoms with E-state index in [-0.39, 0.29) is 36.2 Å². The van der Waals surface area contributed by atoms with Crippen molar-refractivity contribution in [3.63, 3.8) is 0 Å². The third kappa shape index (κ3) is 7.00. The van der Waals surface area contributed by atoms with Crippen LogP contribution in [0.3, 0.4) is 0 Å². The van der Waals surface area contributed by atoms with Crippen LogP contribution in [0, 0.1) is 6.92 Å². The number of pyridine rings is 1. The molecule has 1 aliphatic rings. The Hall–Kier alpha value is -4.48. The number of hydrogen-bond acceptors (Lipinski definition) is 6. The van der Waals surface area contributed by atoms with Crippen LogP contribution in [0.1, 0.15) is 41.6 Å². The van der Waals surface area contributed by atoms with Crippen molar-refractivity contribution in [3.05, 3.63) is 140 Å². The Morgan fingerprint density at radius 2 is 1.63 bits per heavy atom. The Kier molecular flexibility index (Phi) is 9.94. The average Bonchev–Trinajstić information content (AvgIpc) is 3.70. The minimum absolute atomic E-state index is 0.154. The fourth-order valence-corrected chi connectivity index (χ4v) is 11.9. The molecule has 2 aromatic heterocycles. The van der Waals surface area contributed by atoms with Crippen LogP contribution >= 0.6 is 22.9 Å². The van der Waals surface area contributed by atoms with Gasteiger partial charge in [0.2, 0.25) is 0 Å². The van der Waals surface area contributed by atoms with E-state index in [1.165, 1.54) is 16.2 Å². The van der Waals surface area contributed by atoms with E-state index in [9.17, 15) is 14.4 Å². The van der Waals surface area contributed by atoms with Gasteiger partial charge in [-0.3, -0.25) is 19.1 Å². The monoisotopic (exact) mass is 711 g/mol. The lowest BCUT2D eigenvalue weighted by Gasteiger charge is -2.43. The molecule has 0 unspecified atom stereocenters. The van der Waals surface area contributed by atoms with E-state index in [0.29, 0.717) is 26.2 Å². The van der Waals surface area contributed by atoms with Gasteiger partial charge < -0.3 is 14.5 Å². The normalized spacial score (nSPS) is 14.9. The van der Waals surface area contributed by atoms with E-state index in [1.54, 1.807) is 29.0 Å². The number of carbonyl (C=O) groups is 2. The lowest BCUT2D eigenvalue weighted by Crippen LogP contribution is -2.66. The molecule has 1 fully saturated rings. The topological polar surface area (TPSA) is 89.9 Å². The van der Waals surface area contributed by atoms with Crippen molar-refractivity contribution in [1.29, 1.82) is 0 Å². The zero-order valence-electron chi connectivity index (χ0n) is 27.8. The van der Waals surface area contributed by atoms with E-state index in [1.807, 2.05) is 67.6 Å². The number of rotatable bonds is 10. The standard InChI is InChI=1S/C38H38ClN3O5SSi/c1-26-22-28(42-24-29(47-37(42)45)23-40-35(43)33-19-20-34(39)48-33)17-18-32(26)41-21-11-12-27(36(41)44)25-46-49(38(2,3)4,30-13-7-5-8-14-30)31-15-9-6-10-16-31/h5-22,29H,23-25H2,1-4H3,(H,40,43)/t29-/m0/s1. The highest BCUT2D eigenvalue weighted by molar-refractivity contribution is 7.18. The second-order valence-corrected chi connectivity index (χ2v) is 19.1. The maximum absolute atomic E-state index is 14.0. The van der Waals surface area contributed by atoms with Crippen LogP contribution in [0.25, 0.3) is 5.69 Å². The molecule has 0 radical (unpaired) electrons. The van der Waals surface area contributed by atoms with Gasteiger partial charge in [0.15, 0.2) is 0 Å². The highest BCUT2D eigenvalue weighted by Crippen LogP contribution is 2.37. The molecule has 0 saturated carbocycles. The Balaban J connectivity index is 1.21. The number of amides is 2. The zero-order chi connectivity index (χ0) is 34.8. The number of benzene rings is 3. The van der Waals surface area contributed by atoms with E-state index < -0.39 is 20.5 Å². The third-order valence-electron chi connectivity index (χ3n) is 8.80. The lowest BCUT2D eigenvalue weighted by molar-refractivity contribution is 0.0920. The molecule has 8 nitrogen and oxygen atoms in total. The van der Waals surface area contributed by atoms with Crippen molar-refractivity contribution in [2.24, 2.45) is 0 Å². The predicted molar refractivity (Wildman–Crippen MR) is 198 cm³/mol. The molecule has 0 spiro atoms. The first-order valence-corrected chi connectivity index (χ1v) is 19.2. The zero-order valence-corrected chi connectivity index (χ0v) is 30.4. The van der Waals surface area contributed by atoms with Gasteiger partial charge in [-0.1, -0.05) is 93.0 Å². The lowest BCUT2D eigenvalue weighted by atomic mass is 10.1. The highest BCUT2D eigenvalue weighted by atomic mass is 35.5. The van der Waals surface area contributed by atoms with Gasteiger partial charge in [0.05, 0.1) is 34.6 Å². The van der Waals surface area contributed by atoms with Crippen molar-refractivity contribution >= 4 is 59.3 Å². The van der Waals surface area contributed by atoms with E-state index in [0.717, 1.165) is 15.9 Å². The molecule has 49 heavy (non-hydrogen) atoms. The van der Waals surface area contributed by atoms with Gasteiger partial charge in [0.1, 0.15) is 6.10 Å². The molecular weight excluding hydrogens is 674 g/mol. The molecule has 3 aromatic carbocycles. The van der Waals surface area contributed by atoms with Crippen molar-refractivity contribution in [3.8, 4) is 5.69 Å². The number of nitrogens with one attached hydrogen (secondary N) is 1. The van der Waals surface area contributed by atoms with Crippen LogP contribution in [0.2, 0.25) is 9.37 Å². The summed E-state index contributed by atoms with van der Waals surface area (Å²) in [5.41, 5.74) is 2.54. The largest absolute Gasteiger partial charge is 0.442 e. The molecule has 2 amide bonds. The van der Waals surface area contributed by atoms with E-state index in [4.69, 9.17) is 20.8 Å². The molecule has 0 bridgehead atoms. The SMILES string of the molecule is Cc1cc(N2C[C@H](CNC(=O)c3ccc(Cl)s3)OC2=O)ccc1-n1cccc(CO[Si](c2ccccc2)(c2ccccc2)C(C)(C)C)c1=O. The van der Waals surface area contributed by atoms with Crippen molar-refractivity contribution in [2.45, 2.75) is 45.4 Å². The minimum atomic E-state index is -2.85. The van der Waals surface area contributed by atoms with Crippen molar-refractivity contribution in [2.75, 3.05) is 18.0 Å². The Morgan fingerprint density at radius 1 is 0.959 bits per heavy atom. The molecule has 11 heteroatoms. The summed E-state index contributed by atoms with van der Waals surface area (Å²) in [5, 5.41) is 4.88. The number of aryl methyl sites for hydroxylation is 1.